The van der Waals surface area contributed by atoms with Gasteiger partial charge in [-0.2, -0.15) is 9.49 Å². The number of hydrogen-bond acceptors (Lipinski definition) is 4. The summed E-state index contributed by atoms with van der Waals surface area (Å²) in [5.74, 6) is -2.23. The predicted molar refractivity (Wildman–Crippen MR) is 56.1 cm³/mol. The normalized spacial score (nSPS) is 10.6. The van der Waals surface area contributed by atoms with Gasteiger partial charge in [0, 0.05) is 18.3 Å². The molecule has 0 fully saturated rings. The Bertz CT molecular complexity index is 612. The maximum Gasteiger partial charge on any atom is 0.307 e. The number of nitro benzene ring substituents is 1. The lowest BCUT2D eigenvalue weighted by molar-refractivity contribution is -0.387. The Balaban J connectivity index is 2.56. The van der Waals surface area contributed by atoms with Crippen LogP contribution in [0.4, 0.5) is 14.5 Å². The van der Waals surface area contributed by atoms with Crippen molar-refractivity contribution in [3.8, 4) is 5.69 Å². The standard InChI is InChI=1S/C10H7F2N3O3/c11-7-3-8(12)10(15(17)18)4-9(7)14-2-1-6(5-16)13-14/h1-4,16H,5H2. The van der Waals surface area contributed by atoms with E-state index < -0.39 is 22.2 Å². The van der Waals surface area contributed by atoms with E-state index in [0.717, 1.165) is 10.7 Å². The molecule has 8 heteroatoms. The van der Waals surface area contributed by atoms with Crippen molar-refractivity contribution in [2.24, 2.45) is 0 Å². The molecular weight excluding hydrogens is 248 g/mol. The number of aliphatic hydroxyl groups is 1. The van der Waals surface area contributed by atoms with Crippen LogP contribution >= 0.6 is 0 Å². The van der Waals surface area contributed by atoms with E-state index in [9.17, 15) is 18.9 Å². The Hall–Kier alpha value is -2.35. The summed E-state index contributed by atoms with van der Waals surface area (Å²) >= 11 is 0. The Kier molecular flexibility index (Phi) is 3.02. The number of rotatable bonds is 3. The Morgan fingerprint density at radius 1 is 1.39 bits per heavy atom. The fraction of sp³-hybridized carbons (Fsp3) is 0.100. The van der Waals surface area contributed by atoms with Crippen LogP contribution in [0.3, 0.4) is 0 Å². The van der Waals surface area contributed by atoms with Crippen LogP contribution in [0.2, 0.25) is 0 Å². The first-order chi connectivity index (χ1) is 8.52. The van der Waals surface area contributed by atoms with E-state index >= 15 is 0 Å². The molecule has 1 N–H and O–H groups in total. The number of nitrogens with zero attached hydrogens (tertiary/aromatic N) is 3. The largest absolute Gasteiger partial charge is 0.390 e. The second-order valence-electron chi connectivity index (χ2n) is 3.42. The van der Waals surface area contributed by atoms with Crippen molar-refractivity contribution in [1.82, 2.24) is 9.78 Å². The van der Waals surface area contributed by atoms with Gasteiger partial charge in [0.05, 0.1) is 17.2 Å². The minimum atomic E-state index is -1.25. The van der Waals surface area contributed by atoms with Crippen molar-refractivity contribution in [2.75, 3.05) is 0 Å². The van der Waals surface area contributed by atoms with Crippen molar-refractivity contribution < 1.29 is 18.8 Å². The molecule has 94 valence electrons. The van der Waals surface area contributed by atoms with Crippen LogP contribution in [0.25, 0.3) is 5.69 Å². The van der Waals surface area contributed by atoms with E-state index in [-0.39, 0.29) is 18.0 Å². The highest BCUT2D eigenvalue weighted by atomic mass is 19.1. The zero-order valence-corrected chi connectivity index (χ0v) is 8.88. The van der Waals surface area contributed by atoms with Crippen molar-refractivity contribution in [2.45, 2.75) is 6.61 Å². The van der Waals surface area contributed by atoms with Gasteiger partial charge >= 0.3 is 5.69 Å². The fourth-order valence-electron chi connectivity index (χ4n) is 1.42. The van der Waals surface area contributed by atoms with E-state index in [0.29, 0.717) is 6.07 Å². The molecule has 0 atom stereocenters. The van der Waals surface area contributed by atoms with Crippen LogP contribution in [0, 0.1) is 21.7 Å². The summed E-state index contributed by atoms with van der Waals surface area (Å²) in [7, 11) is 0. The van der Waals surface area contributed by atoms with Crippen LogP contribution in [0.5, 0.6) is 0 Å². The molecule has 0 aliphatic rings. The molecule has 1 aromatic heterocycles. The second-order valence-corrected chi connectivity index (χ2v) is 3.42. The van der Waals surface area contributed by atoms with E-state index in [1.807, 2.05) is 0 Å². The molecule has 0 spiro atoms. The van der Waals surface area contributed by atoms with E-state index in [2.05, 4.69) is 5.10 Å². The zero-order valence-electron chi connectivity index (χ0n) is 8.88. The minimum Gasteiger partial charge on any atom is -0.390 e. The highest BCUT2D eigenvalue weighted by molar-refractivity contribution is 5.45. The van der Waals surface area contributed by atoms with Gasteiger partial charge in [0.1, 0.15) is 5.69 Å². The van der Waals surface area contributed by atoms with E-state index in [1.54, 1.807) is 0 Å². The zero-order chi connectivity index (χ0) is 13.3. The maximum atomic E-state index is 13.5. The summed E-state index contributed by atoms with van der Waals surface area (Å²) in [6.45, 7) is -0.349. The average molecular weight is 255 g/mol. The van der Waals surface area contributed by atoms with Crippen LogP contribution in [-0.4, -0.2) is 19.8 Å². The molecule has 2 rings (SSSR count). The molecule has 18 heavy (non-hydrogen) atoms. The summed E-state index contributed by atoms with van der Waals surface area (Å²) in [4.78, 5) is 9.60. The van der Waals surface area contributed by atoms with Crippen LogP contribution in [-0.2, 0) is 6.61 Å². The molecule has 0 saturated heterocycles. The SMILES string of the molecule is O=[N+]([O-])c1cc(-n2ccc(CO)n2)c(F)cc1F. The monoisotopic (exact) mass is 255 g/mol. The van der Waals surface area contributed by atoms with Gasteiger partial charge in [-0.05, 0) is 6.07 Å². The molecule has 0 saturated carbocycles. The molecule has 0 radical (unpaired) electrons. The molecule has 0 aliphatic carbocycles. The topological polar surface area (TPSA) is 81.2 Å². The highest BCUT2D eigenvalue weighted by Crippen LogP contribution is 2.23. The average Bonchev–Trinajstić information content (AvgIpc) is 2.77. The lowest BCUT2D eigenvalue weighted by atomic mass is 10.2. The summed E-state index contributed by atoms with van der Waals surface area (Å²) in [6, 6.07) is 2.58. The molecule has 1 aromatic carbocycles. The molecular formula is C10H7F2N3O3. The molecule has 1 heterocycles. The highest BCUT2D eigenvalue weighted by Gasteiger charge is 2.19. The van der Waals surface area contributed by atoms with Crippen LogP contribution in [0.1, 0.15) is 5.69 Å². The van der Waals surface area contributed by atoms with Gasteiger partial charge in [-0.3, -0.25) is 10.1 Å². The molecule has 0 bridgehead atoms. The number of aliphatic hydroxyl groups excluding tert-OH is 1. The first kappa shape index (κ1) is 12.1. The molecule has 2 aromatic rings. The van der Waals surface area contributed by atoms with E-state index in [1.165, 1.54) is 12.3 Å². The first-order valence-corrected chi connectivity index (χ1v) is 4.82. The third kappa shape index (κ3) is 2.05. The Labute approximate surface area is 99.2 Å². The number of hydrogen-bond donors (Lipinski definition) is 1. The Morgan fingerprint density at radius 2 is 2.11 bits per heavy atom. The van der Waals surface area contributed by atoms with Gasteiger partial charge in [0.25, 0.3) is 0 Å². The van der Waals surface area contributed by atoms with Gasteiger partial charge in [-0.25, -0.2) is 9.07 Å². The molecule has 0 amide bonds. The van der Waals surface area contributed by atoms with Crippen molar-refractivity contribution >= 4 is 5.69 Å². The quantitative estimate of drug-likeness (QED) is 0.666. The summed E-state index contributed by atoms with van der Waals surface area (Å²) in [5, 5.41) is 23.1. The third-order valence-electron chi connectivity index (χ3n) is 2.27. The van der Waals surface area contributed by atoms with Crippen molar-refractivity contribution in [3.05, 3.63) is 51.8 Å². The molecule has 6 nitrogen and oxygen atoms in total. The van der Waals surface area contributed by atoms with Gasteiger partial charge in [0.2, 0.25) is 5.82 Å². The predicted octanol–water partition coefficient (Wildman–Crippen LogP) is 1.55. The number of benzene rings is 1. The van der Waals surface area contributed by atoms with Gasteiger partial charge in [-0.15, -0.1) is 0 Å². The summed E-state index contributed by atoms with van der Waals surface area (Å²) in [6.07, 6.45) is 1.31. The third-order valence-corrected chi connectivity index (χ3v) is 2.27. The van der Waals surface area contributed by atoms with Crippen LogP contribution < -0.4 is 0 Å². The van der Waals surface area contributed by atoms with Gasteiger partial charge < -0.3 is 5.11 Å². The fourth-order valence-corrected chi connectivity index (χ4v) is 1.42. The number of nitro groups is 1. The number of halogens is 2. The number of aromatic nitrogens is 2. The Morgan fingerprint density at radius 3 is 2.67 bits per heavy atom. The van der Waals surface area contributed by atoms with Crippen LogP contribution in [0.15, 0.2) is 24.4 Å². The maximum absolute atomic E-state index is 13.5. The first-order valence-electron chi connectivity index (χ1n) is 4.82. The minimum absolute atomic E-state index is 0.261. The molecule has 0 aliphatic heterocycles. The lowest BCUT2D eigenvalue weighted by Crippen LogP contribution is -2.03. The van der Waals surface area contributed by atoms with Crippen molar-refractivity contribution in [3.63, 3.8) is 0 Å². The lowest BCUT2D eigenvalue weighted by Gasteiger charge is -2.03. The second kappa shape index (κ2) is 4.49. The molecule has 0 unspecified atom stereocenters. The van der Waals surface area contributed by atoms with Gasteiger partial charge in [-0.1, -0.05) is 0 Å². The summed E-state index contributed by atoms with van der Waals surface area (Å²) in [5.41, 5.74) is -0.836. The smallest absolute Gasteiger partial charge is 0.307 e. The van der Waals surface area contributed by atoms with E-state index in [4.69, 9.17) is 5.11 Å². The van der Waals surface area contributed by atoms with Gasteiger partial charge in [0.15, 0.2) is 5.82 Å². The summed E-state index contributed by atoms with van der Waals surface area (Å²) < 4.78 is 27.6. The van der Waals surface area contributed by atoms with Crippen molar-refractivity contribution in [1.29, 1.82) is 0 Å².